The largest absolute Gasteiger partial charge is 0.391 e. The lowest BCUT2D eigenvalue weighted by Crippen LogP contribution is -2.44. The van der Waals surface area contributed by atoms with Crippen LogP contribution in [-0.2, 0) is 15.3 Å². The van der Waals surface area contributed by atoms with E-state index in [1.165, 1.54) is 0 Å². The smallest absolute Gasteiger partial charge is 0.189 e. The molecule has 2 aromatic carbocycles. The highest BCUT2D eigenvalue weighted by Crippen LogP contribution is 2.45. The standard InChI is InChI=1S/C22H28O3S/c1-3-5-15-22(4-2)16-25-26(24)19-14-10-9-13-18(19)20(21(22)23)17-11-7-6-8-12-17/h6-14,20-21,23H,3-5,15-16H2,1-2H3/t20-,21-,22-,26?/m1/s1. The minimum absolute atomic E-state index is 0.211. The molecule has 0 spiro atoms. The van der Waals surface area contributed by atoms with Gasteiger partial charge < -0.3 is 5.11 Å². The fourth-order valence-electron chi connectivity index (χ4n) is 3.99. The van der Waals surface area contributed by atoms with Crippen LogP contribution in [0.5, 0.6) is 0 Å². The highest BCUT2D eigenvalue weighted by molar-refractivity contribution is 7.80. The lowest BCUT2D eigenvalue weighted by atomic mass is 9.68. The summed E-state index contributed by atoms with van der Waals surface area (Å²) < 4.78 is 18.6. The molecule has 4 heteroatoms. The van der Waals surface area contributed by atoms with Crippen molar-refractivity contribution in [3.8, 4) is 0 Å². The van der Waals surface area contributed by atoms with Crippen molar-refractivity contribution in [2.45, 2.75) is 56.4 Å². The summed E-state index contributed by atoms with van der Waals surface area (Å²) in [6.45, 7) is 4.57. The maximum atomic E-state index is 12.8. The molecule has 0 saturated carbocycles. The first kappa shape index (κ1) is 19.3. The summed E-state index contributed by atoms with van der Waals surface area (Å²) in [5.41, 5.74) is 1.55. The summed E-state index contributed by atoms with van der Waals surface area (Å²) in [7, 11) is 0. The average molecular weight is 373 g/mol. The van der Waals surface area contributed by atoms with Crippen LogP contribution in [0.2, 0.25) is 0 Å². The first-order valence-corrected chi connectivity index (χ1v) is 10.6. The molecule has 0 aliphatic carbocycles. The van der Waals surface area contributed by atoms with Gasteiger partial charge in [-0.05, 0) is 30.0 Å². The summed E-state index contributed by atoms with van der Waals surface area (Å²) in [4.78, 5) is 0.667. The maximum Gasteiger partial charge on any atom is 0.189 e. The van der Waals surface area contributed by atoms with Crippen molar-refractivity contribution in [3.63, 3.8) is 0 Å². The Labute approximate surface area is 159 Å². The van der Waals surface area contributed by atoms with Gasteiger partial charge in [0.1, 0.15) is 0 Å². The van der Waals surface area contributed by atoms with Crippen LogP contribution >= 0.6 is 0 Å². The van der Waals surface area contributed by atoms with Gasteiger partial charge in [0.05, 0.1) is 17.6 Å². The van der Waals surface area contributed by atoms with E-state index >= 15 is 0 Å². The van der Waals surface area contributed by atoms with E-state index < -0.39 is 22.6 Å². The molecule has 3 nitrogen and oxygen atoms in total. The molecule has 0 saturated heterocycles. The molecule has 1 unspecified atom stereocenters. The Morgan fingerprint density at radius 3 is 2.50 bits per heavy atom. The van der Waals surface area contributed by atoms with Gasteiger partial charge in [0, 0.05) is 11.3 Å². The molecule has 0 aromatic heterocycles. The molecule has 1 heterocycles. The Morgan fingerprint density at radius 2 is 1.81 bits per heavy atom. The minimum atomic E-state index is -1.52. The first-order chi connectivity index (χ1) is 12.6. The van der Waals surface area contributed by atoms with Gasteiger partial charge in [-0.2, -0.15) is 0 Å². The SMILES string of the molecule is CCCC[C@]1(CC)COS(=O)c2ccccc2[C@@H](c2ccccc2)[C@H]1O. The van der Waals surface area contributed by atoms with E-state index in [2.05, 4.69) is 26.0 Å². The first-order valence-electron chi connectivity index (χ1n) is 9.50. The summed E-state index contributed by atoms with van der Waals surface area (Å²) in [6.07, 6.45) is 3.13. The number of aliphatic hydroxyl groups excluding tert-OH is 1. The second-order valence-corrected chi connectivity index (χ2v) is 8.33. The van der Waals surface area contributed by atoms with Gasteiger partial charge >= 0.3 is 0 Å². The van der Waals surface area contributed by atoms with Crippen molar-refractivity contribution >= 4 is 11.1 Å². The summed E-state index contributed by atoms with van der Waals surface area (Å²) in [5, 5.41) is 11.6. The molecule has 1 aliphatic heterocycles. The van der Waals surface area contributed by atoms with Crippen LogP contribution in [0.3, 0.4) is 0 Å². The molecule has 1 N–H and O–H groups in total. The zero-order valence-electron chi connectivity index (χ0n) is 15.6. The molecular weight excluding hydrogens is 344 g/mol. The second kappa shape index (κ2) is 8.47. The van der Waals surface area contributed by atoms with E-state index in [0.717, 1.165) is 36.8 Å². The van der Waals surface area contributed by atoms with Crippen LogP contribution in [0.4, 0.5) is 0 Å². The van der Waals surface area contributed by atoms with E-state index in [-0.39, 0.29) is 5.92 Å². The lowest BCUT2D eigenvalue weighted by Gasteiger charge is -2.43. The average Bonchev–Trinajstić information content (AvgIpc) is 2.69. The van der Waals surface area contributed by atoms with Crippen molar-refractivity contribution in [2.24, 2.45) is 5.41 Å². The molecule has 4 atom stereocenters. The van der Waals surface area contributed by atoms with E-state index in [1.54, 1.807) is 0 Å². The Kier molecular flexibility index (Phi) is 6.28. The van der Waals surface area contributed by atoms with Crippen LogP contribution in [-0.4, -0.2) is 22.0 Å². The van der Waals surface area contributed by atoms with Crippen molar-refractivity contribution in [1.29, 1.82) is 0 Å². The van der Waals surface area contributed by atoms with Crippen molar-refractivity contribution in [2.75, 3.05) is 6.61 Å². The molecule has 0 bridgehead atoms. The number of unbranched alkanes of at least 4 members (excludes halogenated alkanes) is 1. The number of aliphatic hydroxyl groups is 1. The van der Waals surface area contributed by atoms with E-state index in [4.69, 9.17) is 4.18 Å². The van der Waals surface area contributed by atoms with Gasteiger partial charge in [-0.15, -0.1) is 0 Å². The van der Waals surface area contributed by atoms with Crippen molar-refractivity contribution in [3.05, 3.63) is 65.7 Å². The van der Waals surface area contributed by atoms with Crippen molar-refractivity contribution < 1.29 is 13.5 Å². The molecular formula is C22H28O3S. The van der Waals surface area contributed by atoms with E-state index in [9.17, 15) is 9.32 Å². The molecule has 0 radical (unpaired) electrons. The summed E-state index contributed by atoms with van der Waals surface area (Å²) >= 11 is -1.52. The predicted molar refractivity (Wildman–Crippen MR) is 105 cm³/mol. The van der Waals surface area contributed by atoms with Crippen LogP contribution in [0.25, 0.3) is 0 Å². The number of fused-ring (bicyclic) bond motifs is 1. The third kappa shape index (κ3) is 3.64. The van der Waals surface area contributed by atoms with Crippen LogP contribution in [0, 0.1) is 5.41 Å². The molecule has 2 aromatic rings. The third-order valence-electron chi connectivity index (χ3n) is 5.72. The van der Waals surface area contributed by atoms with Gasteiger partial charge in [-0.3, -0.25) is 4.18 Å². The lowest BCUT2D eigenvalue weighted by molar-refractivity contribution is -0.0295. The van der Waals surface area contributed by atoms with Gasteiger partial charge in [0.2, 0.25) is 0 Å². The summed E-state index contributed by atoms with van der Waals surface area (Å²) in [6, 6.07) is 17.7. The molecule has 26 heavy (non-hydrogen) atoms. The van der Waals surface area contributed by atoms with Crippen molar-refractivity contribution in [1.82, 2.24) is 0 Å². The molecule has 0 fully saturated rings. The van der Waals surface area contributed by atoms with Gasteiger partial charge in [0.15, 0.2) is 11.1 Å². The maximum absolute atomic E-state index is 12.8. The number of rotatable bonds is 5. The van der Waals surface area contributed by atoms with Gasteiger partial charge in [-0.25, -0.2) is 4.21 Å². The topological polar surface area (TPSA) is 46.5 Å². The normalized spacial score (nSPS) is 28.8. The Hall–Kier alpha value is -1.49. The van der Waals surface area contributed by atoms with Crippen LogP contribution in [0.15, 0.2) is 59.5 Å². The van der Waals surface area contributed by atoms with Crippen LogP contribution in [0.1, 0.15) is 56.6 Å². The Balaban J connectivity index is 2.17. The highest BCUT2D eigenvalue weighted by Gasteiger charge is 2.44. The fourth-order valence-corrected chi connectivity index (χ4v) is 5.04. The highest BCUT2D eigenvalue weighted by atomic mass is 32.2. The molecule has 140 valence electrons. The van der Waals surface area contributed by atoms with Gasteiger partial charge in [-0.1, -0.05) is 75.2 Å². The monoisotopic (exact) mass is 372 g/mol. The minimum Gasteiger partial charge on any atom is -0.391 e. The second-order valence-electron chi connectivity index (χ2n) is 7.19. The van der Waals surface area contributed by atoms with Crippen LogP contribution < -0.4 is 0 Å². The Morgan fingerprint density at radius 1 is 1.12 bits per heavy atom. The zero-order valence-corrected chi connectivity index (χ0v) is 16.4. The van der Waals surface area contributed by atoms with Gasteiger partial charge in [0.25, 0.3) is 0 Å². The molecule has 3 rings (SSSR count). The fraction of sp³-hybridized carbons (Fsp3) is 0.455. The van der Waals surface area contributed by atoms with E-state index in [1.807, 2.05) is 42.5 Å². The zero-order chi connectivity index (χ0) is 18.6. The quantitative estimate of drug-likeness (QED) is 0.818. The predicted octanol–water partition coefficient (Wildman–Crippen LogP) is 4.82. The summed E-state index contributed by atoms with van der Waals surface area (Å²) in [5.74, 6) is -0.211. The number of hydrogen-bond acceptors (Lipinski definition) is 3. The molecule has 1 aliphatic rings. The molecule has 0 amide bonds. The number of hydrogen-bond donors (Lipinski definition) is 1. The van der Waals surface area contributed by atoms with E-state index in [0.29, 0.717) is 11.5 Å². The number of benzene rings is 2. The third-order valence-corrected chi connectivity index (χ3v) is 6.78. The Bertz CT molecular complexity index is 746.